The topological polar surface area (TPSA) is 17.1 Å². The van der Waals surface area contributed by atoms with Gasteiger partial charge in [-0.3, -0.25) is 4.79 Å². The highest BCUT2D eigenvalue weighted by molar-refractivity contribution is 9.10. The summed E-state index contributed by atoms with van der Waals surface area (Å²) in [5.74, 6) is 0.0503. The van der Waals surface area contributed by atoms with E-state index in [1.54, 1.807) is 0 Å². The standard InChI is InChI=1S/C27H21BrO/c28-26-16-14-25(15-17-26)27(29)24-12-10-23(11-13-24)19-22-8-6-21(7-9-22)18-20-4-2-1-3-5-20/h1-17H,18-19H2. The summed E-state index contributed by atoms with van der Waals surface area (Å²) in [6.07, 6.45) is 1.81. The summed E-state index contributed by atoms with van der Waals surface area (Å²) in [4.78, 5) is 12.6. The van der Waals surface area contributed by atoms with E-state index in [2.05, 4.69) is 64.5 Å². The van der Waals surface area contributed by atoms with Gasteiger partial charge in [0, 0.05) is 15.6 Å². The Balaban J connectivity index is 1.41. The van der Waals surface area contributed by atoms with Gasteiger partial charge in [0.15, 0.2) is 5.78 Å². The zero-order chi connectivity index (χ0) is 20.1. The molecule has 4 aromatic rings. The summed E-state index contributed by atoms with van der Waals surface area (Å²) >= 11 is 3.40. The highest BCUT2D eigenvalue weighted by Crippen LogP contribution is 2.17. The molecule has 4 rings (SSSR count). The molecule has 0 spiro atoms. The summed E-state index contributed by atoms with van der Waals surface area (Å²) in [7, 11) is 0. The van der Waals surface area contributed by atoms with Crippen LogP contribution in [0, 0.1) is 0 Å². The maximum atomic E-state index is 12.6. The molecule has 0 bridgehead atoms. The second-order valence-corrected chi connectivity index (χ2v) is 8.10. The number of halogens is 1. The van der Waals surface area contributed by atoms with Gasteiger partial charge in [-0.2, -0.15) is 0 Å². The molecule has 2 heteroatoms. The Morgan fingerprint density at radius 3 is 1.38 bits per heavy atom. The van der Waals surface area contributed by atoms with Crippen molar-refractivity contribution in [1.82, 2.24) is 0 Å². The molecule has 0 aliphatic carbocycles. The van der Waals surface area contributed by atoms with E-state index in [0.29, 0.717) is 11.1 Å². The maximum Gasteiger partial charge on any atom is 0.193 e. The Bertz CT molecular complexity index is 1080. The van der Waals surface area contributed by atoms with Gasteiger partial charge in [0.25, 0.3) is 0 Å². The SMILES string of the molecule is O=C(c1ccc(Br)cc1)c1ccc(Cc2ccc(Cc3ccccc3)cc2)cc1. The van der Waals surface area contributed by atoms with Crippen LogP contribution in [0.3, 0.4) is 0 Å². The average molecular weight is 441 g/mol. The van der Waals surface area contributed by atoms with Gasteiger partial charge in [-0.15, -0.1) is 0 Å². The minimum atomic E-state index is 0.0503. The van der Waals surface area contributed by atoms with E-state index < -0.39 is 0 Å². The van der Waals surface area contributed by atoms with Crippen molar-refractivity contribution in [2.75, 3.05) is 0 Å². The third kappa shape index (κ3) is 5.10. The van der Waals surface area contributed by atoms with Crippen molar-refractivity contribution in [3.63, 3.8) is 0 Å². The number of rotatable bonds is 6. The molecule has 29 heavy (non-hydrogen) atoms. The molecule has 0 saturated heterocycles. The Labute approximate surface area is 180 Å². The molecule has 0 amide bonds. The van der Waals surface area contributed by atoms with E-state index in [9.17, 15) is 4.79 Å². The van der Waals surface area contributed by atoms with Crippen molar-refractivity contribution < 1.29 is 4.79 Å². The van der Waals surface area contributed by atoms with Crippen LogP contribution in [0.15, 0.2) is 108 Å². The quantitative estimate of drug-likeness (QED) is 0.299. The molecule has 0 N–H and O–H groups in total. The van der Waals surface area contributed by atoms with Crippen LogP contribution in [0.25, 0.3) is 0 Å². The first-order valence-corrected chi connectivity index (χ1v) is 10.5. The lowest BCUT2D eigenvalue weighted by Crippen LogP contribution is -2.01. The zero-order valence-electron chi connectivity index (χ0n) is 16.0. The van der Waals surface area contributed by atoms with Crippen LogP contribution in [0.5, 0.6) is 0 Å². The molecule has 0 saturated carbocycles. The zero-order valence-corrected chi connectivity index (χ0v) is 17.6. The third-order valence-electron chi connectivity index (χ3n) is 5.00. The fourth-order valence-electron chi connectivity index (χ4n) is 3.38. The predicted molar refractivity (Wildman–Crippen MR) is 123 cm³/mol. The van der Waals surface area contributed by atoms with E-state index in [1.807, 2.05) is 54.6 Å². The molecule has 142 valence electrons. The Hall–Kier alpha value is -2.97. The fourth-order valence-corrected chi connectivity index (χ4v) is 3.65. The predicted octanol–water partition coefficient (Wildman–Crippen LogP) is 6.86. The normalized spacial score (nSPS) is 10.7. The summed E-state index contributed by atoms with van der Waals surface area (Å²) < 4.78 is 0.971. The van der Waals surface area contributed by atoms with Gasteiger partial charge < -0.3 is 0 Å². The van der Waals surface area contributed by atoms with Crippen molar-refractivity contribution in [2.24, 2.45) is 0 Å². The number of carbonyl (C=O) groups excluding carboxylic acids is 1. The smallest absolute Gasteiger partial charge is 0.193 e. The lowest BCUT2D eigenvalue weighted by molar-refractivity contribution is 0.103. The molecule has 0 heterocycles. The molecule has 0 aromatic heterocycles. The minimum Gasteiger partial charge on any atom is -0.289 e. The van der Waals surface area contributed by atoms with Crippen LogP contribution >= 0.6 is 15.9 Å². The van der Waals surface area contributed by atoms with E-state index in [0.717, 1.165) is 17.3 Å². The van der Waals surface area contributed by atoms with E-state index in [4.69, 9.17) is 0 Å². The van der Waals surface area contributed by atoms with Crippen LogP contribution in [-0.2, 0) is 12.8 Å². The number of carbonyl (C=O) groups is 1. The fraction of sp³-hybridized carbons (Fsp3) is 0.0741. The van der Waals surface area contributed by atoms with Crippen LogP contribution in [-0.4, -0.2) is 5.78 Å². The third-order valence-corrected chi connectivity index (χ3v) is 5.53. The number of benzene rings is 4. The Morgan fingerprint density at radius 1 is 0.517 bits per heavy atom. The lowest BCUT2D eigenvalue weighted by Gasteiger charge is -2.07. The van der Waals surface area contributed by atoms with Crippen LogP contribution < -0.4 is 0 Å². The van der Waals surface area contributed by atoms with Crippen molar-refractivity contribution in [3.05, 3.63) is 141 Å². The molecule has 0 fully saturated rings. The summed E-state index contributed by atoms with van der Waals surface area (Å²) in [6, 6.07) is 34.7. The van der Waals surface area contributed by atoms with Crippen molar-refractivity contribution in [3.8, 4) is 0 Å². The summed E-state index contributed by atoms with van der Waals surface area (Å²) in [5, 5.41) is 0. The molecular formula is C27H21BrO. The van der Waals surface area contributed by atoms with E-state index in [-0.39, 0.29) is 5.78 Å². The second-order valence-electron chi connectivity index (χ2n) is 7.19. The first-order chi connectivity index (χ1) is 14.2. The molecular weight excluding hydrogens is 420 g/mol. The van der Waals surface area contributed by atoms with Crippen LogP contribution in [0.2, 0.25) is 0 Å². The van der Waals surface area contributed by atoms with Crippen LogP contribution in [0.4, 0.5) is 0 Å². The molecule has 0 atom stereocenters. The number of hydrogen-bond acceptors (Lipinski definition) is 1. The molecule has 0 radical (unpaired) electrons. The summed E-state index contributed by atoms with van der Waals surface area (Å²) in [5.41, 5.74) is 6.54. The largest absolute Gasteiger partial charge is 0.289 e. The second kappa shape index (κ2) is 9.02. The van der Waals surface area contributed by atoms with Gasteiger partial charge >= 0.3 is 0 Å². The van der Waals surface area contributed by atoms with Crippen LogP contribution in [0.1, 0.15) is 38.2 Å². The van der Waals surface area contributed by atoms with Gasteiger partial charge in [-0.1, -0.05) is 94.8 Å². The maximum absolute atomic E-state index is 12.6. The number of ketones is 1. The lowest BCUT2D eigenvalue weighted by atomic mass is 9.98. The minimum absolute atomic E-state index is 0.0503. The highest BCUT2D eigenvalue weighted by Gasteiger charge is 2.09. The molecule has 0 aliphatic rings. The van der Waals surface area contributed by atoms with Crippen molar-refractivity contribution >= 4 is 21.7 Å². The van der Waals surface area contributed by atoms with Gasteiger partial charge in [0.2, 0.25) is 0 Å². The highest BCUT2D eigenvalue weighted by atomic mass is 79.9. The number of hydrogen-bond donors (Lipinski definition) is 0. The Morgan fingerprint density at radius 2 is 0.897 bits per heavy atom. The summed E-state index contributed by atoms with van der Waals surface area (Å²) in [6.45, 7) is 0. The van der Waals surface area contributed by atoms with E-state index in [1.165, 1.54) is 22.3 Å². The average Bonchev–Trinajstić information content (AvgIpc) is 2.76. The van der Waals surface area contributed by atoms with Gasteiger partial charge in [-0.25, -0.2) is 0 Å². The monoisotopic (exact) mass is 440 g/mol. The van der Waals surface area contributed by atoms with Gasteiger partial charge in [-0.05, 0) is 59.4 Å². The molecule has 0 aliphatic heterocycles. The molecule has 4 aromatic carbocycles. The van der Waals surface area contributed by atoms with Gasteiger partial charge in [0.05, 0.1) is 0 Å². The first kappa shape index (κ1) is 19.4. The van der Waals surface area contributed by atoms with Crippen molar-refractivity contribution in [1.29, 1.82) is 0 Å². The van der Waals surface area contributed by atoms with Crippen molar-refractivity contribution in [2.45, 2.75) is 12.8 Å². The molecule has 0 unspecified atom stereocenters. The molecule has 1 nitrogen and oxygen atoms in total. The van der Waals surface area contributed by atoms with Gasteiger partial charge in [0.1, 0.15) is 0 Å². The van der Waals surface area contributed by atoms with E-state index >= 15 is 0 Å². The Kier molecular flexibility index (Phi) is 6.02. The first-order valence-electron chi connectivity index (χ1n) is 9.68.